The van der Waals surface area contributed by atoms with Gasteiger partial charge in [0.25, 0.3) is 0 Å². The van der Waals surface area contributed by atoms with Gasteiger partial charge < -0.3 is 15.1 Å². The van der Waals surface area contributed by atoms with Crippen molar-refractivity contribution in [2.45, 2.75) is 32.9 Å². The molecule has 0 aliphatic carbocycles. The molecule has 0 saturated carbocycles. The fraction of sp³-hybridized carbons (Fsp3) is 0.667. The van der Waals surface area contributed by atoms with Gasteiger partial charge in [-0.05, 0) is 27.1 Å². The van der Waals surface area contributed by atoms with Crippen molar-refractivity contribution in [2.75, 3.05) is 39.1 Å². The summed E-state index contributed by atoms with van der Waals surface area (Å²) in [6.07, 6.45) is 3.26. The van der Waals surface area contributed by atoms with Gasteiger partial charge in [0, 0.05) is 37.8 Å². The number of hydrogen-bond acceptors (Lipinski definition) is 5. The molecule has 0 atom stereocenters. The highest BCUT2D eigenvalue weighted by molar-refractivity contribution is 7.15. The Labute approximate surface area is 131 Å². The first kappa shape index (κ1) is 16.3. The smallest absolute Gasteiger partial charge is 0.195 e. The summed E-state index contributed by atoms with van der Waals surface area (Å²) < 4.78 is 2.21. The Hall–Kier alpha value is -1.11. The van der Waals surface area contributed by atoms with Crippen LogP contribution in [-0.4, -0.2) is 54.6 Å². The number of imidazole rings is 1. The van der Waals surface area contributed by atoms with Gasteiger partial charge in [0.1, 0.15) is 0 Å². The lowest BCUT2D eigenvalue weighted by atomic mass is 10.3. The molecule has 0 aliphatic heterocycles. The number of aromatic nitrogens is 2. The van der Waals surface area contributed by atoms with Crippen LogP contribution in [0.3, 0.4) is 0 Å². The zero-order valence-electron chi connectivity index (χ0n) is 13.8. The molecular formula is C15H27N5S. The number of hydrogen-bond donors (Lipinski definition) is 1. The summed E-state index contributed by atoms with van der Waals surface area (Å²) in [5, 5.41) is 5.60. The predicted molar refractivity (Wildman–Crippen MR) is 91.5 cm³/mol. The fourth-order valence-corrected chi connectivity index (χ4v) is 3.05. The molecule has 0 aliphatic rings. The van der Waals surface area contributed by atoms with Crippen molar-refractivity contribution in [1.82, 2.24) is 19.6 Å². The molecule has 0 spiro atoms. The normalized spacial score (nSPS) is 12.0. The van der Waals surface area contributed by atoms with Crippen molar-refractivity contribution in [3.63, 3.8) is 0 Å². The van der Waals surface area contributed by atoms with E-state index >= 15 is 0 Å². The number of nitrogens with zero attached hydrogens (tertiary/aromatic N) is 4. The van der Waals surface area contributed by atoms with Crippen LogP contribution in [0.25, 0.3) is 4.96 Å². The van der Waals surface area contributed by atoms with Crippen LogP contribution in [0, 0.1) is 0 Å². The van der Waals surface area contributed by atoms with E-state index in [0.717, 1.165) is 36.8 Å². The number of anilines is 1. The average Bonchev–Trinajstić information content (AvgIpc) is 2.96. The summed E-state index contributed by atoms with van der Waals surface area (Å²) >= 11 is 1.69. The number of rotatable bonds is 8. The molecule has 5 nitrogen and oxygen atoms in total. The third kappa shape index (κ3) is 4.18. The van der Waals surface area contributed by atoms with E-state index < -0.39 is 0 Å². The van der Waals surface area contributed by atoms with Crippen LogP contribution in [0.2, 0.25) is 0 Å². The van der Waals surface area contributed by atoms with Gasteiger partial charge in [-0.15, -0.1) is 11.3 Å². The van der Waals surface area contributed by atoms with Crippen LogP contribution < -0.4 is 10.2 Å². The Kier molecular flexibility index (Phi) is 5.61. The van der Waals surface area contributed by atoms with Crippen LogP contribution in [0.5, 0.6) is 0 Å². The topological polar surface area (TPSA) is 35.8 Å². The minimum Gasteiger partial charge on any atom is -0.358 e. The molecule has 2 aromatic heterocycles. The van der Waals surface area contributed by atoms with Crippen LogP contribution in [0.4, 0.5) is 5.82 Å². The summed E-state index contributed by atoms with van der Waals surface area (Å²) in [4.78, 5) is 10.4. The van der Waals surface area contributed by atoms with E-state index in [1.165, 1.54) is 5.69 Å². The second kappa shape index (κ2) is 7.24. The van der Waals surface area contributed by atoms with E-state index in [1.54, 1.807) is 11.3 Å². The van der Waals surface area contributed by atoms with E-state index in [0.29, 0.717) is 6.04 Å². The molecule has 6 heteroatoms. The van der Waals surface area contributed by atoms with Gasteiger partial charge in [-0.3, -0.25) is 4.40 Å². The second-order valence-electron chi connectivity index (χ2n) is 6.05. The molecule has 1 N–H and O–H groups in total. The Bertz CT molecular complexity index is 557. The fourth-order valence-electron chi connectivity index (χ4n) is 2.32. The molecular weight excluding hydrogens is 282 g/mol. The van der Waals surface area contributed by atoms with Gasteiger partial charge >= 0.3 is 0 Å². The van der Waals surface area contributed by atoms with E-state index in [4.69, 9.17) is 4.98 Å². The zero-order chi connectivity index (χ0) is 15.4. The van der Waals surface area contributed by atoms with Gasteiger partial charge in [-0.2, -0.15) is 0 Å². The molecule has 2 heterocycles. The number of fused-ring (bicyclic) bond motifs is 1. The van der Waals surface area contributed by atoms with Crippen molar-refractivity contribution in [1.29, 1.82) is 0 Å². The molecule has 0 saturated heterocycles. The van der Waals surface area contributed by atoms with E-state index in [2.05, 4.69) is 66.1 Å². The molecule has 0 aromatic carbocycles. The SMILES string of the molecule is CC(C)NCc1c(N(C)CCCN(C)C)nc2sccn12. The third-order valence-corrected chi connectivity index (χ3v) is 4.23. The summed E-state index contributed by atoms with van der Waals surface area (Å²) in [5.41, 5.74) is 1.26. The maximum atomic E-state index is 4.80. The molecule has 2 rings (SSSR count). The Balaban J connectivity index is 2.13. The first-order valence-corrected chi connectivity index (χ1v) is 8.40. The summed E-state index contributed by atoms with van der Waals surface area (Å²) in [6.45, 7) is 7.32. The Morgan fingerprint density at radius 2 is 2.05 bits per heavy atom. The third-order valence-electron chi connectivity index (χ3n) is 3.48. The molecule has 0 bridgehead atoms. The van der Waals surface area contributed by atoms with E-state index in [1.807, 2.05) is 0 Å². The van der Waals surface area contributed by atoms with Crippen molar-refractivity contribution in [3.8, 4) is 0 Å². The first-order chi connectivity index (χ1) is 9.99. The van der Waals surface area contributed by atoms with Crippen LogP contribution in [0.1, 0.15) is 26.0 Å². The minimum absolute atomic E-state index is 0.473. The standard InChI is InChI=1S/C15H27N5S/c1-12(2)16-11-13-14(17-15-20(13)9-10-21-15)19(5)8-6-7-18(3)4/h9-10,12,16H,6-8,11H2,1-5H3. The van der Waals surface area contributed by atoms with Crippen molar-refractivity contribution >= 4 is 22.1 Å². The summed E-state index contributed by atoms with van der Waals surface area (Å²) in [5.74, 6) is 1.11. The lowest BCUT2D eigenvalue weighted by molar-refractivity contribution is 0.401. The van der Waals surface area contributed by atoms with Crippen LogP contribution in [0.15, 0.2) is 11.6 Å². The summed E-state index contributed by atoms with van der Waals surface area (Å²) in [7, 11) is 6.37. The van der Waals surface area contributed by atoms with Gasteiger partial charge in [0.05, 0.1) is 5.69 Å². The average molecular weight is 309 g/mol. The summed E-state index contributed by atoms with van der Waals surface area (Å²) in [6, 6.07) is 0.473. The monoisotopic (exact) mass is 309 g/mol. The Morgan fingerprint density at radius 3 is 2.71 bits per heavy atom. The number of thiazole rings is 1. The maximum Gasteiger partial charge on any atom is 0.195 e. The number of nitrogens with one attached hydrogen (secondary N) is 1. The highest BCUT2D eigenvalue weighted by Crippen LogP contribution is 2.24. The van der Waals surface area contributed by atoms with Crippen LogP contribution >= 0.6 is 11.3 Å². The molecule has 0 fully saturated rings. The largest absolute Gasteiger partial charge is 0.358 e. The lowest BCUT2D eigenvalue weighted by Gasteiger charge is -2.20. The van der Waals surface area contributed by atoms with Crippen molar-refractivity contribution in [3.05, 3.63) is 17.3 Å². The van der Waals surface area contributed by atoms with Gasteiger partial charge in [0.2, 0.25) is 0 Å². The highest BCUT2D eigenvalue weighted by Gasteiger charge is 2.16. The van der Waals surface area contributed by atoms with Crippen molar-refractivity contribution < 1.29 is 0 Å². The van der Waals surface area contributed by atoms with Gasteiger partial charge in [-0.25, -0.2) is 4.98 Å². The molecule has 2 aromatic rings. The zero-order valence-corrected chi connectivity index (χ0v) is 14.6. The quantitative estimate of drug-likeness (QED) is 0.811. The second-order valence-corrected chi connectivity index (χ2v) is 6.92. The molecule has 0 unspecified atom stereocenters. The van der Waals surface area contributed by atoms with Crippen molar-refractivity contribution in [2.24, 2.45) is 0 Å². The molecule has 21 heavy (non-hydrogen) atoms. The molecule has 0 radical (unpaired) electrons. The molecule has 0 amide bonds. The van der Waals surface area contributed by atoms with E-state index in [-0.39, 0.29) is 0 Å². The van der Waals surface area contributed by atoms with Gasteiger partial charge in [0.15, 0.2) is 10.8 Å². The predicted octanol–water partition coefficient (Wildman–Crippen LogP) is 2.28. The Morgan fingerprint density at radius 1 is 1.29 bits per heavy atom. The van der Waals surface area contributed by atoms with Gasteiger partial charge in [-0.1, -0.05) is 13.8 Å². The highest BCUT2D eigenvalue weighted by atomic mass is 32.1. The lowest BCUT2D eigenvalue weighted by Crippen LogP contribution is -2.27. The van der Waals surface area contributed by atoms with E-state index in [9.17, 15) is 0 Å². The minimum atomic E-state index is 0.473. The molecule has 118 valence electrons. The first-order valence-electron chi connectivity index (χ1n) is 7.52. The maximum absolute atomic E-state index is 4.80. The van der Waals surface area contributed by atoms with Crippen LogP contribution in [-0.2, 0) is 6.54 Å².